The normalized spacial score (nSPS) is 15.6. The van der Waals surface area contributed by atoms with E-state index in [-0.39, 0.29) is 23.1 Å². The molecule has 1 fully saturated rings. The quantitative estimate of drug-likeness (QED) is 0.555. The highest BCUT2D eigenvalue weighted by Gasteiger charge is 2.27. The second-order valence-corrected chi connectivity index (χ2v) is 8.50. The maximum Gasteiger partial charge on any atom is 0.238 e. The zero-order valence-corrected chi connectivity index (χ0v) is 16.2. The van der Waals surface area contributed by atoms with Gasteiger partial charge in [0.05, 0.1) is 0 Å². The second-order valence-electron chi connectivity index (χ2n) is 6.17. The van der Waals surface area contributed by atoms with Crippen LogP contribution in [0.4, 0.5) is 5.13 Å². The standard InChI is InChI=1S/C18H22N4O2S2/c1-2-14(23)20-17-21-22-18(26-17)25-15(12-8-4-3-5-9-12)16(24)19-13-10-6-7-11-13/h3-5,8-9,13,15H,2,6-7,10-11H2,1H3,(H,19,24)(H,20,21,23)/t15-/m0/s1. The third-order valence-electron chi connectivity index (χ3n) is 4.23. The average Bonchev–Trinajstić information content (AvgIpc) is 3.32. The van der Waals surface area contributed by atoms with Gasteiger partial charge in [0, 0.05) is 12.5 Å². The monoisotopic (exact) mass is 390 g/mol. The molecule has 0 radical (unpaired) electrons. The maximum absolute atomic E-state index is 12.9. The van der Waals surface area contributed by atoms with Gasteiger partial charge in [-0.2, -0.15) is 0 Å². The number of thioether (sulfide) groups is 1. The van der Waals surface area contributed by atoms with Crippen molar-refractivity contribution in [1.29, 1.82) is 0 Å². The van der Waals surface area contributed by atoms with E-state index in [1.807, 2.05) is 30.3 Å². The van der Waals surface area contributed by atoms with Gasteiger partial charge in [-0.1, -0.05) is 73.2 Å². The van der Waals surface area contributed by atoms with Gasteiger partial charge < -0.3 is 10.6 Å². The lowest BCUT2D eigenvalue weighted by Gasteiger charge is -2.19. The fourth-order valence-electron chi connectivity index (χ4n) is 2.86. The number of carbonyl (C=O) groups is 2. The third kappa shape index (κ3) is 5.04. The molecule has 1 aromatic carbocycles. The van der Waals surface area contributed by atoms with Crippen molar-refractivity contribution >= 4 is 40.0 Å². The van der Waals surface area contributed by atoms with Crippen molar-refractivity contribution in [2.75, 3.05) is 5.32 Å². The Kier molecular flexibility index (Phi) is 6.62. The highest BCUT2D eigenvalue weighted by Crippen LogP contribution is 2.38. The Morgan fingerprint density at radius 2 is 1.96 bits per heavy atom. The van der Waals surface area contributed by atoms with Gasteiger partial charge in [0.25, 0.3) is 0 Å². The molecule has 1 aromatic heterocycles. The van der Waals surface area contributed by atoms with Gasteiger partial charge in [-0.25, -0.2) is 0 Å². The summed E-state index contributed by atoms with van der Waals surface area (Å²) in [6, 6.07) is 9.96. The van der Waals surface area contributed by atoms with Crippen LogP contribution in [-0.2, 0) is 9.59 Å². The molecule has 0 aliphatic heterocycles. The lowest BCUT2D eigenvalue weighted by molar-refractivity contribution is -0.121. The van der Waals surface area contributed by atoms with Crippen LogP contribution in [0.2, 0.25) is 0 Å². The van der Waals surface area contributed by atoms with Gasteiger partial charge in [-0.15, -0.1) is 10.2 Å². The number of benzene rings is 1. The largest absolute Gasteiger partial charge is 0.352 e. The smallest absolute Gasteiger partial charge is 0.238 e. The molecule has 1 heterocycles. The molecule has 2 N–H and O–H groups in total. The van der Waals surface area contributed by atoms with E-state index in [1.165, 1.54) is 35.9 Å². The molecule has 0 unspecified atom stereocenters. The lowest BCUT2D eigenvalue weighted by Crippen LogP contribution is -2.35. The van der Waals surface area contributed by atoms with Crippen LogP contribution < -0.4 is 10.6 Å². The minimum atomic E-state index is -0.389. The van der Waals surface area contributed by atoms with Gasteiger partial charge in [-0.05, 0) is 18.4 Å². The number of aromatic nitrogens is 2. The number of carbonyl (C=O) groups excluding carboxylic acids is 2. The van der Waals surface area contributed by atoms with E-state index in [1.54, 1.807) is 6.92 Å². The Bertz CT molecular complexity index is 745. The van der Waals surface area contributed by atoms with Crippen molar-refractivity contribution in [3.8, 4) is 0 Å². The topological polar surface area (TPSA) is 84.0 Å². The number of anilines is 1. The van der Waals surface area contributed by atoms with Gasteiger partial charge >= 0.3 is 0 Å². The SMILES string of the molecule is CCC(=O)Nc1nnc(S[C@H](C(=O)NC2CCCC2)c2ccccc2)s1. The molecule has 2 aromatic rings. The third-order valence-corrected chi connectivity index (χ3v) is 6.41. The molecule has 1 saturated carbocycles. The number of nitrogens with zero attached hydrogens (tertiary/aromatic N) is 2. The molecular formula is C18H22N4O2S2. The predicted octanol–water partition coefficient (Wildman–Crippen LogP) is 3.78. The maximum atomic E-state index is 12.9. The summed E-state index contributed by atoms with van der Waals surface area (Å²) in [5.74, 6) is -0.0984. The Hall–Kier alpha value is -1.93. The van der Waals surface area contributed by atoms with Crippen LogP contribution in [0.3, 0.4) is 0 Å². The first-order valence-corrected chi connectivity index (χ1v) is 10.5. The molecule has 0 saturated heterocycles. The fraction of sp³-hybridized carbons (Fsp3) is 0.444. The minimum Gasteiger partial charge on any atom is -0.352 e. The Balaban J connectivity index is 1.73. The van der Waals surface area contributed by atoms with E-state index in [2.05, 4.69) is 20.8 Å². The van der Waals surface area contributed by atoms with Crippen LogP contribution in [0, 0.1) is 0 Å². The summed E-state index contributed by atoms with van der Waals surface area (Å²) in [7, 11) is 0. The molecule has 26 heavy (non-hydrogen) atoms. The Morgan fingerprint density at radius 3 is 2.65 bits per heavy atom. The molecule has 1 aliphatic carbocycles. The van der Waals surface area contributed by atoms with E-state index >= 15 is 0 Å². The van der Waals surface area contributed by atoms with Crippen molar-refractivity contribution in [2.45, 2.75) is 54.7 Å². The number of amides is 2. The van der Waals surface area contributed by atoms with Gasteiger partial charge in [-0.3, -0.25) is 9.59 Å². The van der Waals surface area contributed by atoms with E-state index < -0.39 is 0 Å². The number of nitrogens with one attached hydrogen (secondary N) is 2. The predicted molar refractivity (Wildman–Crippen MR) is 104 cm³/mol. The Morgan fingerprint density at radius 1 is 1.23 bits per heavy atom. The molecule has 0 spiro atoms. The van der Waals surface area contributed by atoms with Gasteiger partial charge in [0.15, 0.2) is 4.34 Å². The van der Waals surface area contributed by atoms with Gasteiger partial charge in [0.2, 0.25) is 16.9 Å². The molecule has 0 bridgehead atoms. The molecular weight excluding hydrogens is 368 g/mol. The zero-order chi connectivity index (χ0) is 18.4. The van der Waals surface area contributed by atoms with Crippen LogP contribution in [0.15, 0.2) is 34.7 Å². The summed E-state index contributed by atoms with van der Waals surface area (Å²) < 4.78 is 0.659. The van der Waals surface area contributed by atoms with Crippen LogP contribution in [0.25, 0.3) is 0 Å². The first kappa shape index (κ1) is 18.8. The summed E-state index contributed by atoms with van der Waals surface area (Å²) in [6.07, 6.45) is 4.82. The van der Waals surface area contributed by atoms with Crippen LogP contribution in [-0.4, -0.2) is 28.1 Å². The van der Waals surface area contributed by atoms with Crippen molar-refractivity contribution in [3.05, 3.63) is 35.9 Å². The molecule has 138 valence electrons. The number of hydrogen-bond acceptors (Lipinski definition) is 6. The molecule has 1 aliphatic rings. The number of hydrogen-bond donors (Lipinski definition) is 2. The average molecular weight is 391 g/mol. The summed E-state index contributed by atoms with van der Waals surface area (Å²) in [6.45, 7) is 1.78. The first-order valence-electron chi connectivity index (χ1n) is 8.81. The van der Waals surface area contributed by atoms with E-state index in [0.29, 0.717) is 15.9 Å². The molecule has 1 atom stereocenters. The fourth-order valence-corrected chi connectivity index (χ4v) is 4.83. The second kappa shape index (κ2) is 9.14. The summed E-state index contributed by atoms with van der Waals surface area (Å²) >= 11 is 2.66. The van der Waals surface area contributed by atoms with Crippen LogP contribution >= 0.6 is 23.1 Å². The highest BCUT2D eigenvalue weighted by atomic mass is 32.2. The van der Waals surface area contributed by atoms with Crippen LogP contribution in [0.5, 0.6) is 0 Å². The minimum absolute atomic E-state index is 0.00226. The summed E-state index contributed by atoms with van der Waals surface area (Å²) in [5.41, 5.74) is 0.933. The van der Waals surface area contributed by atoms with Crippen molar-refractivity contribution in [1.82, 2.24) is 15.5 Å². The molecule has 2 amide bonds. The van der Waals surface area contributed by atoms with E-state index in [0.717, 1.165) is 18.4 Å². The van der Waals surface area contributed by atoms with Crippen molar-refractivity contribution in [2.24, 2.45) is 0 Å². The van der Waals surface area contributed by atoms with Crippen molar-refractivity contribution in [3.63, 3.8) is 0 Å². The van der Waals surface area contributed by atoms with Crippen LogP contribution in [0.1, 0.15) is 49.8 Å². The summed E-state index contributed by atoms with van der Waals surface area (Å²) in [4.78, 5) is 24.4. The first-order chi connectivity index (χ1) is 12.7. The lowest BCUT2D eigenvalue weighted by atomic mass is 10.1. The summed E-state index contributed by atoms with van der Waals surface area (Å²) in [5, 5.41) is 14.1. The molecule has 6 nitrogen and oxygen atoms in total. The molecule has 8 heteroatoms. The highest BCUT2D eigenvalue weighted by molar-refractivity contribution is 8.01. The van der Waals surface area contributed by atoms with Crippen molar-refractivity contribution < 1.29 is 9.59 Å². The molecule has 3 rings (SSSR count). The van der Waals surface area contributed by atoms with Gasteiger partial charge in [0.1, 0.15) is 5.25 Å². The Labute approximate surface area is 161 Å². The van der Waals surface area contributed by atoms with E-state index in [4.69, 9.17) is 0 Å². The zero-order valence-electron chi connectivity index (χ0n) is 14.6. The van der Waals surface area contributed by atoms with E-state index in [9.17, 15) is 9.59 Å². The number of rotatable bonds is 7.